The van der Waals surface area contributed by atoms with Crippen molar-refractivity contribution in [2.24, 2.45) is 0 Å². The van der Waals surface area contributed by atoms with Gasteiger partial charge in [-0.15, -0.1) is 0 Å². The predicted molar refractivity (Wildman–Crippen MR) is 74.4 cm³/mol. The second-order valence-corrected chi connectivity index (χ2v) is 6.09. The number of piperazine rings is 1. The van der Waals surface area contributed by atoms with Crippen LogP contribution in [0, 0.1) is 0 Å². The van der Waals surface area contributed by atoms with Crippen molar-refractivity contribution in [3.8, 4) is 0 Å². The lowest BCUT2D eigenvalue weighted by atomic mass is 9.98. The van der Waals surface area contributed by atoms with Crippen LogP contribution in [0.5, 0.6) is 0 Å². The summed E-state index contributed by atoms with van der Waals surface area (Å²) in [6.07, 6.45) is 0. The third-order valence-electron chi connectivity index (χ3n) is 3.04. The molecule has 1 aliphatic heterocycles. The van der Waals surface area contributed by atoms with Crippen LogP contribution in [0.3, 0.4) is 0 Å². The Balaban J connectivity index is 2.24. The number of nitrogens with zero attached hydrogens (tertiary/aromatic N) is 1. The summed E-state index contributed by atoms with van der Waals surface area (Å²) in [5.74, 6) is 0. The molecule has 4 heteroatoms. The highest BCUT2D eigenvalue weighted by Crippen LogP contribution is 2.28. The number of hydrogen-bond acceptors (Lipinski definition) is 3. The standard InChI is InChI=1S/C13H19BrN2O/c1-13(2)9-16(7-10(8-17)15-13)12-6-4-3-5-11(12)14/h3-6,10,15,17H,7-9H2,1-2H3. The van der Waals surface area contributed by atoms with Gasteiger partial charge in [-0.1, -0.05) is 12.1 Å². The van der Waals surface area contributed by atoms with Gasteiger partial charge in [-0.3, -0.25) is 0 Å². The molecule has 1 saturated heterocycles. The first-order valence-electron chi connectivity index (χ1n) is 5.90. The van der Waals surface area contributed by atoms with Crippen molar-refractivity contribution in [1.29, 1.82) is 0 Å². The number of benzene rings is 1. The van der Waals surface area contributed by atoms with E-state index in [1.54, 1.807) is 0 Å². The Kier molecular flexibility index (Phi) is 3.76. The third kappa shape index (κ3) is 3.00. The Morgan fingerprint density at radius 1 is 1.47 bits per heavy atom. The highest BCUT2D eigenvalue weighted by molar-refractivity contribution is 9.10. The van der Waals surface area contributed by atoms with E-state index in [0.717, 1.165) is 17.6 Å². The quantitative estimate of drug-likeness (QED) is 0.877. The predicted octanol–water partition coefficient (Wildman–Crippen LogP) is 2.00. The van der Waals surface area contributed by atoms with E-state index in [1.165, 1.54) is 5.69 Å². The summed E-state index contributed by atoms with van der Waals surface area (Å²) >= 11 is 3.59. The van der Waals surface area contributed by atoms with Crippen LogP contribution in [0.15, 0.2) is 28.7 Å². The molecule has 0 saturated carbocycles. The molecule has 0 aliphatic carbocycles. The molecule has 1 fully saturated rings. The summed E-state index contributed by atoms with van der Waals surface area (Å²) in [6, 6.07) is 8.36. The lowest BCUT2D eigenvalue weighted by Crippen LogP contribution is -2.63. The van der Waals surface area contributed by atoms with Gasteiger partial charge in [0.05, 0.1) is 12.3 Å². The average Bonchev–Trinajstić information content (AvgIpc) is 2.27. The summed E-state index contributed by atoms with van der Waals surface area (Å²) in [7, 11) is 0. The smallest absolute Gasteiger partial charge is 0.0602 e. The molecule has 1 unspecified atom stereocenters. The van der Waals surface area contributed by atoms with Crippen molar-refractivity contribution in [3.63, 3.8) is 0 Å². The monoisotopic (exact) mass is 298 g/mol. The fourth-order valence-corrected chi connectivity index (χ4v) is 2.98. The van der Waals surface area contributed by atoms with Crippen LogP contribution < -0.4 is 10.2 Å². The van der Waals surface area contributed by atoms with Gasteiger partial charge in [0.2, 0.25) is 0 Å². The molecule has 2 N–H and O–H groups in total. The maximum absolute atomic E-state index is 9.36. The van der Waals surface area contributed by atoms with E-state index in [-0.39, 0.29) is 18.2 Å². The number of aliphatic hydroxyl groups excluding tert-OH is 1. The molecule has 1 aromatic rings. The van der Waals surface area contributed by atoms with Gasteiger partial charge in [0.25, 0.3) is 0 Å². The first kappa shape index (κ1) is 12.9. The van der Waals surface area contributed by atoms with Crippen LogP contribution in [-0.2, 0) is 0 Å². The second-order valence-electron chi connectivity index (χ2n) is 5.24. The largest absolute Gasteiger partial charge is 0.395 e. The maximum Gasteiger partial charge on any atom is 0.0602 e. The van der Waals surface area contributed by atoms with Gasteiger partial charge in [-0.05, 0) is 41.9 Å². The molecule has 0 radical (unpaired) electrons. The number of rotatable bonds is 2. The van der Waals surface area contributed by atoms with Crippen LogP contribution in [0.2, 0.25) is 0 Å². The molecular weight excluding hydrogens is 280 g/mol. The maximum atomic E-state index is 9.36. The van der Waals surface area contributed by atoms with Gasteiger partial charge in [-0.25, -0.2) is 0 Å². The molecule has 1 atom stereocenters. The summed E-state index contributed by atoms with van der Waals surface area (Å²) in [5.41, 5.74) is 1.21. The molecule has 0 amide bonds. The third-order valence-corrected chi connectivity index (χ3v) is 3.71. The SMILES string of the molecule is CC1(C)CN(c2ccccc2Br)CC(CO)N1. The Labute approximate surface area is 111 Å². The van der Waals surface area contributed by atoms with Crippen LogP contribution >= 0.6 is 15.9 Å². The van der Waals surface area contributed by atoms with Gasteiger partial charge in [-0.2, -0.15) is 0 Å². The lowest BCUT2D eigenvalue weighted by molar-refractivity contribution is 0.191. The van der Waals surface area contributed by atoms with Gasteiger partial charge in [0, 0.05) is 29.1 Å². The topological polar surface area (TPSA) is 35.5 Å². The van der Waals surface area contributed by atoms with Crippen molar-refractivity contribution >= 4 is 21.6 Å². The summed E-state index contributed by atoms with van der Waals surface area (Å²) < 4.78 is 1.11. The molecule has 0 bridgehead atoms. The molecule has 94 valence electrons. The van der Waals surface area contributed by atoms with E-state index in [1.807, 2.05) is 12.1 Å². The van der Waals surface area contributed by atoms with E-state index in [2.05, 4.69) is 52.1 Å². The van der Waals surface area contributed by atoms with Gasteiger partial charge >= 0.3 is 0 Å². The number of aliphatic hydroxyl groups is 1. The van der Waals surface area contributed by atoms with Crippen LogP contribution in [0.4, 0.5) is 5.69 Å². The molecule has 1 aromatic carbocycles. The molecule has 1 aliphatic rings. The summed E-state index contributed by atoms with van der Waals surface area (Å²) in [4.78, 5) is 2.32. The molecule has 3 nitrogen and oxygen atoms in total. The van der Waals surface area contributed by atoms with E-state index in [4.69, 9.17) is 0 Å². The number of nitrogens with one attached hydrogen (secondary N) is 1. The first-order valence-corrected chi connectivity index (χ1v) is 6.69. The molecular formula is C13H19BrN2O. The highest BCUT2D eigenvalue weighted by Gasteiger charge is 2.32. The van der Waals surface area contributed by atoms with Crippen molar-refractivity contribution < 1.29 is 5.11 Å². The van der Waals surface area contributed by atoms with E-state index < -0.39 is 0 Å². The van der Waals surface area contributed by atoms with Crippen LogP contribution in [-0.4, -0.2) is 36.4 Å². The number of para-hydroxylation sites is 1. The Bertz CT molecular complexity index is 395. The lowest BCUT2D eigenvalue weighted by Gasteiger charge is -2.44. The van der Waals surface area contributed by atoms with Gasteiger partial charge in [0.1, 0.15) is 0 Å². The van der Waals surface area contributed by atoms with Crippen LogP contribution in [0.1, 0.15) is 13.8 Å². The van der Waals surface area contributed by atoms with Gasteiger partial charge < -0.3 is 15.3 Å². The summed E-state index contributed by atoms with van der Waals surface area (Å²) in [5, 5.41) is 12.8. The first-order chi connectivity index (χ1) is 8.02. The molecule has 17 heavy (non-hydrogen) atoms. The zero-order chi connectivity index (χ0) is 12.5. The van der Waals surface area contributed by atoms with E-state index in [9.17, 15) is 5.11 Å². The molecule has 0 aromatic heterocycles. The Morgan fingerprint density at radius 3 is 2.82 bits per heavy atom. The highest BCUT2D eigenvalue weighted by atomic mass is 79.9. The number of anilines is 1. The average molecular weight is 299 g/mol. The van der Waals surface area contributed by atoms with Gasteiger partial charge in [0.15, 0.2) is 0 Å². The zero-order valence-electron chi connectivity index (χ0n) is 10.3. The fraction of sp³-hybridized carbons (Fsp3) is 0.538. The molecule has 1 heterocycles. The second kappa shape index (κ2) is 4.96. The minimum Gasteiger partial charge on any atom is -0.395 e. The minimum absolute atomic E-state index is 0.0148. The molecule has 0 spiro atoms. The normalized spacial score (nSPS) is 23.8. The fourth-order valence-electron chi connectivity index (χ4n) is 2.45. The van der Waals surface area contributed by atoms with Crippen molar-refractivity contribution in [2.45, 2.75) is 25.4 Å². The van der Waals surface area contributed by atoms with Crippen LogP contribution in [0.25, 0.3) is 0 Å². The summed E-state index contributed by atoms with van der Waals surface area (Å²) in [6.45, 7) is 6.27. The van der Waals surface area contributed by atoms with E-state index in [0.29, 0.717) is 0 Å². The van der Waals surface area contributed by atoms with E-state index >= 15 is 0 Å². The Morgan fingerprint density at radius 2 is 2.18 bits per heavy atom. The Hall–Kier alpha value is -0.580. The number of halogens is 1. The van der Waals surface area contributed by atoms with Crippen molar-refractivity contribution in [1.82, 2.24) is 5.32 Å². The minimum atomic E-state index is 0.0148. The molecule has 2 rings (SSSR count). The number of hydrogen-bond donors (Lipinski definition) is 2. The van der Waals surface area contributed by atoms with Crippen molar-refractivity contribution in [3.05, 3.63) is 28.7 Å². The van der Waals surface area contributed by atoms with Crippen molar-refractivity contribution in [2.75, 3.05) is 24.6 Å². The zero-order valence-corrected chi connectivity index (χ0v) is 11.9.